The molecular formula is C12H10ClN3O. The molecule has 0 atom stereocenters. The fraction of sp³-hybridized carbons (Fsp3) is 0.167. The second-order valence-electron chi connectivity index (χ2n) is 3.41. The molecule has 0 fully saturated rings. The number of methoxy groups -OCH3 is 1. The standard InChI is InChI=1S/C12H10ClN3O/c1-15-12-7(5-14)6-16-10-4-11(17-2)9(13)3-8(10)12/h3-4,6H,1-2H3,(H,15,16). The average molecular weight is 248 g/mol. The monoisotopic (exact) mass is 247 g/mol. The minimum atomic E-state index is 0.487. The molecule has 2 aromatic rings. The molecule has 1 N–H and O–H groups in total. The number of nitrogens with one attached hydrogen (secondary N) is 1. The van der Waals surface area contributed by atoms with Crippen LogP contribution in [0.15, 0.2) is 18.3 Å². The van der Waals surface area contributed by atoms with Gasteiger partial charge < -0.3 is 10.1 Å². The maximum Gasteiger partial charge on any atom is 0.139 e. The average Bonchev–Trinajstić information content (AvgIpc) is 2.36. The largest absolute Gasteiger partial charge is 0.495 e. The quantitative estimate of drug-likeness (QED) is 0.887. The molecule has 17 heavy (non-hydrogen) atoms. The zero-order valence-corrected chi connectivity index (χ0v) is 10.2. The van der Waals surface area contributed by atoms with E-state index in [0.717, 1.165) is 16.6 Å². The number of nitriles is 1. The Kier molecular flexibility index (Phi) is 3.03. The van der Waals surface area contributed by atoms with E-state index in [4.69, 9.17) is 21.6 Å². The van der Waals surface area contributed by atoms with Crippen molar-refractivity contribution in [1.29, 1.82) is 5.26 Å². The molecule has 0 aliphatic heterocycles. The lowest BCUT2D eigenvalue weighted by molar-refractivity contribution is 0.415. The van der Waals surface area contributed by atoms with E-state index in [1.165, 1.54) is 6.20 Å². The molecule has 0 amide bonds. The van der Waals surface area contributed by atoms with E-state index in [1.54, 1.807) is 26.3 Å². The Morgan fingerprint density at radius 1 is 1.47 bits per heavy atom. The fourth-order valence-corrected chi connectivity index (χ4v) is 1.94. The lowest BCUT2D eigenvalue weighted by atomic mass is 10.1. The van der Waals surface area contributed by atoms with Crippen molar-refractivity contribution in [3.05, 3.63) is 28.9 Å². The van der Waals surface area contributed by atoms with Gasteiger partial charge in [-0.15, -0.1) is 0 Å². The van der Waals surface area contributed by atoms with Crippen molar-refractivity contribution in [3.8, 4) is 11.8 Å². The summed E-state index contributed by atoms with van der Waals surface area (Å²) in [6, 6.07) is 5.58. The van der Waals surface area contributed by atoms with Crippen molar-refractivity contribution >= 4 is 28.2 Å². The molecule has 1 heterocycles. The normalized spacial score (nSPS) is 10.0. The van der Waals surface area contributed by atoms with Gasteiger partial charge in [-0.3, -0.25) is 4.98 Å². The summed E-state index contributed by atoms with van der Waals surface area (Å²) < 4.78 is 5.13. The Morgan fingerprint density at radius 3 is 2.82 bits per heavy atom. The summed E-state index contributed by atoms with van der Waals surface area (Å²) in [6.07, 6.45) is 1.53. The molecule has 1 aromatic carbocycles. The smallest absolute Gasteiger partial charge is 0.139 e. The van der Waals surface area contributed by atoms with Crippen LogP contribution < -0.4 is 10.1 Å². The number of nitrogens with zero attached hydrogens (tertiary/aromatic N) is 2. The number of hydrogen-bond acceptors (Lipinski definition) is 4. The van der Waals surface area contributed by atoms with Crippen molar-refractivity contribution in [3.63, 3.8) is 0 Å². The molecule has 5 heteroatoms. The van der Waals surface area contributed by atoms with Gasteiger partial charge in [0.25, 0.3) is 0 Å². The highest BCUT2D eigenvalue weighted by Crippen LogP contribution is 2.33. The third-order valence-corrected chi connectivity index (χ3v) is 2.81. The molecule has 86 valence electrons. The van der Waals surface area contributed by atoms with Crippen LogP contribution >= 0.6 is 11.6 Å². The van der Waals surface area contributed by atoms with Gasteiger partial charge in [-0.1, -0.05) is 11.6 Å². The molecule has 2 rings (SSSR count). The van der Waals surface area contributed by atoms with Gasteiger partial charge in [0.2, 0.25) is 0 Å². The Labute approximate surface area is 104 Å². The van der Waals surface area contributed by atoms with E-state index in [-0.39, 0.29) is 0 Å². The van der Waals surface area contributed by atoms with E-state index in [9.17, 15) is 0 Å². The molecule has 0 saturated heterocycles. The van der Waals surface area contributed by atoms with Crippen molar-refractivity contribution in [2.24, 2.45) is 0 Å². The molecular weight excluding hydrogens is 238 g/mol. The summed E-state index contributed by atoms with van der Waals surface area (Å²) in [7, 11) is 3.31. The zero-order valence-electron chi connectivity index (χ0n) is 9.41. The summed E-state index contributed by atoms with van der Waals surface area (Å²) in [5, 5.41) is 13.3. The fourth-order valence-electron chi connectivity index (χ4n) is 1.70. The molecule has 1 aromatic heterocycles. The summed E-state index contributed by atoms with van der Waals surface area (Å²) in [4.78, 5) is 4.21. The molecule has 4 nitrogen and oxygen atoms in total. The number of pyridine rings is 1. The first kappa shape index (κ1) is 11.5. The van der Waals surface area contributed by atoms with Crippen LogP contribution in [0.3, 0.4) is 0 Å². The highest BCUT2D eigenvalue weighted by Gasteiger charge is 2.10. The van der Waals surface area contributed by atoms with Crippen LogP contribution in [0.2, 0.25) is 5.02 Å². The lowest BCUT2D eigenvalue weighted by Gasteiger charge is -2.10. The van der Waals surface area contributed by atoms with Crippen molar-refractivity contribution < 1.29 is 4.74 Å². The summed E-state index contributed by atoms with van der Waals surface area (Å²) in [6.45, 7) is 0. The van der Waals surface area contributed by atoms with Gasteiger partial charge in [-0.2, -0.15) is 5.26 Å². The Bertz CT molecular complexity index is 619. The minimum Gasteiger partial charge on any atom is -0.495 e. The summed E-state index contributed by atoms with van der Waals surface area (Å²) >= 11 is 6.06. The number of benzene rings is 1. The lowest BCUT2D eigenvalue weighted by Crippen LogP contribution is -1.96. The first-order chi connectivity index (χ1) is 8.21. The van der Waals surface area contributed by atoms with Gasteiger partial charge in [-0.25, -0.2) is 0 Å². The molecule has 0 radical (unpaired) electrons. The molecule has 0 spiro atoms. The number of fused-ring (bicyclic) bond motifs is 1. The Morgan fingerprint density at radius 2 is 2.24 bits per heavy atom. The minimum absolute atomic E-state index is 0.487. The van der Waals surface area contributed by atoms with Gasteiger partial charge in [0.15, 0.2) is 0 Å². The van der Waals surface area contributed by atoms with Crippen LogP contribution in [0.5, 0.6) is 5.75 Å². The first-order valence-corrected chi connectivity index (χ1v) is 5.33. The van der Waals surface area contributed by atoms with Crippen LogP contribution in [-0.2, 0) is 0 Å². The molecule has 0 aliphatic carbocycles. The number of aromatic nitrogens is 1. The predicted molar refractivity (Wildman–Crippen MR) is 67.6 cm³/mol. The van der Waals surface area contributed by atoms with Gasteiger partial charge in [0, 0.05) is 24.7 Å². The third-order valence-electron chi connectivity index (χ3n) is 2.51. The van der Waals surface area contributed by atoms with E-state index < -0.39 is 0 Å². The van der Waals surface area contributed by atoms with Crippen LogP contribution in [0.4, 0.5) is 5.69 Å². The zero-order chi connectivity index (χ0) is 12.4. The Hall–Kier alpha value is -1.99. The van der Waals surface area contributed by atoms with E-state index >= 15 is 0 Å². The second kappa shape index (κ2) is 4.48. The van der Waals surface area contributed by atoms with Gasteiger partial charge in [0.1, 0.15) is 11.8 Å². The third kappa shape index (κ3) is 1.85. The van der Waals surface area contributed by atoms with Crippen LogP contribution in [0.25, 0.3) is 10.9 Å². The number of halogens is 1. The van der Waals surface area contributed by atoms with Gasteiger partial charge in [0.05, 0.1) is 28.9 Å². The highest BCUT2D eigenvalue weighted by atomic mass is 35.5. The predicted octanol–water partition coefficient (Wildman–Crippen LogP) is 2.81. The maximum atomic E-state index is 8.99. The Balaban J connectivity index is 2.82. The molecule has 0 aliphatic rings. The van der Waals surface area contributed by atoms with Gasteiger partial charge >= 0.3 is 0 Å². The number of anilines is 1. The summed E-state index contributed by atoms with van der Waals surface area (Å²) in [5.41, 5.74) is 1.94. The summed E-state index contributed by atoms with van der Waals surface area (Å²) in [5.74, 6) is 0.568. The van der Waals surface area contributed by atoms with Crippen molar-refractivity contribution in [2.75, 3.05) is 19.5 Å². The van der Waals surface area contributed by atoms with Crippen LogP contribution in [0.1, 0.15) is 5.56 Å². The van der Waals surface area contributed by atoms with E-state index in [1.807, 2.05) is 0 Å². The number of hydrogen-bond donors (Lipinski definition) is 1. The van der Waals surface area contributed by atoms with Crippen molar-refractivity contribution in [2.45, 2.75) is 0 Å². The molecule has 0 saturated carbocycles. The number of rotatable bonds is 2. The van der Waals surface area contributed by atoms with Crippen molar-refractivity contribution in [1.82, 2.24) is 4.98 Å². The van der Waals surface area contributed by atoms with Gasteiger partial charge in [-0.05, 0) is 6.07 Å². The van der Waals surface area contributed by atoms with E-state index in [2.05, 4.69) is 16.4 Å². The second-order valence-corrected chi connectivity index (χ2v) is 3.82. The van der Waals surface area contributed by atoms with E-state index in [0.29, 0.717) is 16.3 Å². The SMILES string of the molecule is CNc1c(C#N)cnc2cc(OC)c(Cl)cc12. The maximum absolute atomic E-state index is 8.99. The molecule has 0 bridgehead atoms. The first-order valence-electron chi connectivity index (χ1n) is 4.95. The topological polar surface area (TPSA) is 57.9 Å². The highest BCUT2D eigenvalue weighted by molar-refractivity contribution is 6.33. The van der Waals surface area contributed by atoms with Crippen LogP contribution in [0, 0.1) is 11.3 Å². The molecule has 0 unspecified atom stereocenters. The number of ether oxygens (including phenoxy) is 1. The van der Waals surface area contributed by atoms with Crippen LogP contribution in [-0.4, -0.2) is 19.1 Å².